The molecule has 0 saturated heterocycles. The summed E-state index contributed by atoms with van der Waals surface area (Å²) in [6, 6.07) is 52.4. The average Bonchev–Trinajstić information content (AvgIpc) is 0.996. The maximum absolute atomic E-state index is 13.0. The van der Waals surface area contributed by atoms with Crippen LogP contribution in [0.15, 0.2) is 241 Å². The lowest BCUT2D eigenvalue weighted by Crippen LogP contribution is -2.29. The van der Waals surface area contributed by atoms with E-state index >= 15 is 0 Å². The van der Waals surface area contributed by atoms with E-state index in [9.17, 15) is 103 Å². The van der Waals surface area contributed by atoms with Crippen molar-refractivity contribution in [3.8, 4) is 11.8 Å². The fourth-order valence-electron chi connectivity index (χ4n) is 11.6. The molecule has 4 aliphatic heterocycles. The highest BCUT2D eigenvalue weighted by molar-refractivity contribution is 7.89. The van der Waals surface area contributed by atoms with Crippen molar-refractivity contribution >= 4 is 94.0 Å². The van der Waals surface area contributed by atoms with Crippen molar-refractivity contribution in [3.05, 3.63) is 389 Å². The summed E-state index contributed by atoms with van der Waals surface area (Å²) in [5, 5.41) is 106. The van der Waals surface area contributed by atoms with Crippen molar-refractivity contribution in [2.24, 2.45) is 5.73 Å². The van der Waals surface area contributed by atoms with Gasteiger partial charge in [0.2, 0.25) is 10.0 Å². The Bertz CT molecular complexity index is 6210. The number of halogens is 16. The molecule has 16 rings (SSSR count). The Morgan fingerprint density at radius 3 is 1.45 bits per heavy atom. The fraction of sp³-hybridized carbons (Fsp3) is 0.151. The van der Waals surface area contributed by atoms with Gasteiger partial charge in [0.25, 0.3) is 0 Å². The van der Waals surface area contributed by atoms with Crippen LogP contribution >= 0.6 is 11.6 Å². The van der Waals surface area contributed by atoms with Crippen molar-refractivity contribution in [1.29, 1.82) is 5.26 Å². The standard InChI is InChI=1S/C9H10FNO4S.C9H10FN.C8H4F4O2.C8H4FNO2.C8H8FNO.2C8H8FN.C8H10FN.C8H5FO4.C7H4ClFO2.2C6H6BFO2/c1-11(2)16(14,15)6-3-4-8(10)7(5-6)9(12)13;10-9-2-1-8-6-11-4-3-7(8)5-9;9-5-3-1-2-4(8(10,11)12)6(5)7(13)14;9-7-3-5(4-10)1-2-6(7)8(11)12;9-6-1-2-7-8(5-6)11-4-3-10-7;9-8-2-1-6-4-10-5-7(6)3-8;9-7-2-1-6-3-4-10-8(6)5-7;9-8-3-1-7(2-4-8)5-6-10;9-5-3-1-2-4(7(10)11)6(5)8(12)13;8-5-3-1-2-4(6(5)9)7(10)11;8-6-3-1-5(2-4-6)7(9)10;8-6-3-1-2-5(4-6)7(9)10/h3-5H,1-2H3,(H,12,13);1-2,5,11H,3-4,6H2;1-3H,(H,13,14);1-3H,(H,11,12);1-2,5,10H,3-4H2;1-3,10H,4-5H2;1-2,5,10H,3-4H2;1-4H,5-6,10H2;1-3H,(H,10,11)(H,12,13);1-3H,(H,10,11);2*1-4,9-10H. The molecule has 0 unspecified atom stereocenters. The monoisotopic (exact) mass is 1980 g/mol. The first-order chi connectivity index (χ1) is 65.1. The number of nitrogens with one attached hydrogen (secondary N) is 4. The van der Waals surface area contributed by atoms with Crippen molar-refractivity contribution in [1.82, 2.24) is 14.9 Å². The molecule has 0 fully saturated rings. The summed E-state index contributed by atoms with van der Waals surface area (Å²) in [5.74, 6) is -15.4. The molecule has 4 heterocycles. The smallest absolute Gasteiger partial charge is 0.488 e. The minimum atomic E-state index is -4.87. The lowest BCUT2D eigenvalue weighted by atomic mass is 9.80. The van der Waals surface area contributed by atoms with E-state index < -0.39 is 140 Å². The molecule has 138 heavy (non-hydrogen) atoms. The normalized spacial score (nSPS) is 11.7. The molecular weight excluding hydrogens is 1890 g/mol. The largest absolute Gasteiger partial charge is 0.489 e. The van der Waals surface area contributed by atoms with Gasteiger partial charge in [-0.3, -0.25) is 0 Å². The number of carboxylic acid groups (broad SMARTS) is 6. The van der Waals surface area contributed by atoms with Gasteiger partial charge in [0.15, 0.2) is 5.82 Å². The van der Waals surface area contributed by atoms with E-state index in [2.05, 4.69) is 21.3 Å². The molecule has 0 aliphatic carbocycles. The quantitative estimate of drug-likeness (QED) is 0.0399. The van der Waals surface area contributed by atoms with Crippen LogP contribution in [0.2, 0.25) is 5.02 Å². The van der Waals surface area contributed by atoms with Crippen LogP contribution in [0.4, 0.5) is 77.2 Å². The Morgan fingerprint density at radius 2 is 0.928 bits per heavy atom. The summed E-state index contributed by atoms with van der Waals surface area (Å²) in [6.45, 7) is 6.51. The number of nitrogens with zero attached hydrogens (tertiary/aromatic N) is 2. The average molecular weight is 1980 g/mol. The molecule has 0 atom stereocenters. The summed E-state index contributed by atoms with van der Waals surface area (Å²) in [5.41, 5.74) is 9.05. The molecule has 0 spiro atoms. The number of nitriles is 1. The number of alkyl halides is 3. The summed E-state index contributed by atoms with van der Waals surface area (Å²) >= 11 is 5.32. The van der Waals surface area contributed by atoms with Gasteiger partial charge in [0.05, 0.1) is 55.1 Å². The Kier molecular flexibility index (Phi) is 46.2. The highest BCUT2D eigenvalue weighted by Crippen LogP contribution is 2.34. The number of nitrogens with two attached hydrogens (primary N) is 1. The predicted octanol–water partition coefficient (Wildman–Crippen LogP) is 14.8. The fourth-order valence-corrected chi connectivity index (χ4v) is 12.7. The number of sulfonamides is 1. The van der Waals surface area contributed by atoms with Gasteiger partial charge < -0.3 is 82.5 Å². The molecule has 0 radical (unpaired) electrons. The highest BCUT2D eigenvalue weighted by Gasteiger charge is 2.37. The van der Waals surface area contributed by atoms with Gasteiger partial charge in [-0.1, -0.05) is 84.4 Å². The second-order valence-corrected chi connectivity index (χ2v) is 30.8. The van der Waals surface area contributed by atoms with E-state index in [-0.39, 0.29) is 55.8 Å². The molecule has 12 aromatic carbocycles. The molecule has 0 bridgehead atoms. The third-order valence-electron chi connectivity index (χ3n) is 18.4. The van der Waals surface area contributed by atoms with Crippen molar-refractivity contribution in [3.63, 3.8) is 0 Å². The molecule has 728 valence electrons. The van der Waals surface area contributed by atoms with Gasteiger partial charge in [-0.05, 0) is 234 Å². The maximum atomic E-state index is 13.0. The number of aromatic carboxylic acids is 6. The molecule has 12 aromatic rings. The third kappa shape index (κ3) is 37.6. The molecular formula is C93H83B2ClF15N7O19S. The van der Waals surface area contributed by atoms with Crippen molar-refractivity contribution in [2.75, 3.05) is 57.5 Å². The minimum Gasteiger partial charge on any atom is -0.489 e. The molecule has 0 saturated carbocycles. The van der Waals surface area contributed by atoms with Gasteiger partial charge >= 0.3 is 56.2 Å². The molecule has 26 nitrogen and oxygen atoms in total. The molecule has 0 amide bonds. The van der Waals surface area contributed by atoms with Gasteiger partial charge in [0.1, 0.15) is 87.5 Å². The van der Waals surface area contributed by atoms with Crippen LogP contribution in [-0.4, -0.2) is 160 Å². The zero-order valence-corrected chi connectivity index (χ0v) is 73.6. The molecule has 4 aliphatic rings. The van der Waals surface area contributed by atoms with Crippen molar-refractivity contribution < 1.29 is 159 Å². The van der Waals surface area contributed by atoms with Crippen LogP contribution in [0.5, 0.6) is 5.75 Å². The Labute approximate surface area is 783 Å². The Hall–Kier alpha value is -14.7. The molecule has 45 heteroatoms. The topological polar surface area (TPSA) is 449 Å². The number of rotatable bonds is 12. The number of ether oxygens (including phenoxy) is 1. The minimum absolute atomic E-state index is 0.109. The lowest BCUT2D eigenvalue weighted by molar-refractivity contribution is -0.138. The van der Waals surface area contributed by atoms with E-state index in [1.165, 1.54) is 134 Å². The highest BCUT2D eigenvalue weighted by atomic mass is 35.5. The first-order valence-electron chi connectivity index (χ1n) is 39.8. The van der Waals surface area contributed by atoms with Crippen LogP contribution in [-0.2, 0) is 55.1 Å². The van der Waals surface area contributed by atoms with Crippen LogP contribution in [0.3, 0.4) is 0 Å². The lowest BCUT2D eigenvalue weighted by Gasteiger charge is -2.18. The first kappa shape index (κ1) is 114. The third-order valence-corrected chi connectivity index (χ3v) is 20.5. The Morgan fingerprint density at radius 1 is 0.442 bits per heavy atom. The van der Waals surface area contributed by atoms with E-state index in [4.69, 9.17) is 78.1 Å². The summed E-state index contributed by atoms with van der Waals surface area (Å²) < 4.78 is 217. The number of anilines is 2. The second kappa shape index (κ2) is 56.0. The van der Waals surface area contributed by atoms with Crippen LogP contribution < -0.4 is 42.7 Å². The van der Waals surface area contributed by atoms with Gasteiger partial charge in [0, 0.05) is 58.6 Å². The molecule has 16 N–H and O–H groups in total. The zero-order chi connectivity index (χ0) is 103. The number of carbonyl (C=O) groups is 6. The van der Waals surface area contributed by atoms with Gasteiger partial charge in [-0.2, -0.15) is 18.4 Å². The number of hydrogen-bond donors (Lipinski definition) is 15. The van der Waals surface area contributed by atoms with Crippen molar-refractivity contribution in [2.45, 2.75) is 50.0 Å². The van der Waals surface area contributed by atoms with Crippen LogP contribution in [0, 0.1) is 81.1 Å². The SMILES string of the molecule is CN(C)S(=O)(=O)c1ccc(F)c(C(=O)O)c1.Fc1ccc2c(c1)CCNC2.Fc1ccc2c(c1)CNC2.Fc1ccc2c(c1)NCC2.Fc1ccc2c(c1)OCCN2.N#Cc1ccc(C(=O)O)c(F)c1.NCCc1ccc(F)cc1.O=C(O)c1c(F)cccc1C(F)(F)F.O=C(O)c1cccc(Cl)c1F.O=C(O)c1cccc(F)c1C(=O)O.OB(O)c1ccc(F)cc1.OB(O)c1cccc(F)c1. The number of hydrogen-bond acceptors (Lipinski definition) is 19. The maximum Gasteiger partial charge on any atom is 0.488 e. The van der Waals surface area contributed by atoms with E-state index in [1.807, 2.05) is 18.2 Å². The van der Waals surface area contributed by atoms with Gasteiger partial charge in [-0.25, -0.2) is 94.2 Å². The van der Waals surface area contributed by atoms with E-state index in [1.54, 1.807) is 42.5 Å². The number of fused-ring (bicyclic) bond motifs is 4. The second-order valence-electron chi connectivity index (χ2n) is 28.3. The molecule has 0 aromatic heterocycles. The predicted molar refractivity (Wildman–Crippen MR) is 479 cm³/mol. The Balaban J connectivity index is 0.000000266. The summed E-state index contributed by atoms with van der Waals surface area (Å²) in [4.78, 5) is 62.2. The number of benzene rings is 12. The van der Waals surface area contributed by atoms with Crippen LogP contribution in [0.25, 0.3) is 0 Å². The summed E-state index contributed by atoms with van der Waals surface area (Å²) in [6.07, 6.45) is -2.07. The van der Waals surface area contributed by atoms with Crippen LogP contribution in [0.1, 0.15) is 107 Å². The zero-order valence-electron chi connectivity index (χ0n) is 72.0. The van der Waals surface area contributed by atoms with E-state index in [0.717, 1.165) is 158 Å². The first-order valence-corrected chi connectivity index (χ1v) is 41.6. The van der Waals surface area contributed by atoms with Gasteiger partial charge in [-0.15, -0.1) is 0 Å². The number of carboxylic acids is 6. The van der Waals surface area contributed by atoms with E-state index in [0.29, 0.717) is 36.5 Å². The summed E-state index contributed by atoms with van der Waals surface area (Å²) in [7, 11) is -4.24.